The number of rotatable bonds is 7. The topological polar surface area (TPSA) is 116 Å². The lowest BCUT2D eigenvalue weighted by molar-refractivity contribution is -0.139. The number of nitrogens with zero attached hydrogens (tertiary/aromatic N) is 1. The van der Waals surface area contributed by atoms with E-state index in [0.29, 0.717) is 27.9 Å². The van der Waals surface area contributed by atoms with Crippen molar-refractivity contribution in [3.8, 4) is 16.9 Å². The maximum Gasteiger partial charge on any atom is 0.419 e. The lowest BCUT2D eigenvalue weighted by Gasteiger charge is -2.20. The molecule has 1 atom stereocenters. The summed E-state index contributed by atoms with van der Waals surface area (Å²) in [4.78, 5) is 38.5. The molecule has 42 heavy (non-hydrogen) atoms. The average Bonchev–Trinajstić information content (AvgIpc) is 3.42. The molecule has 0 unspecified atom stereocenters. The SMILES string of the molecule is COc1cccc2c1c(C[C@H](NC(=O)OCC1c3ccccc3-c3ccccc31)C(=O)O)c(C)n2C(=O)OC(C)(C)C. The zero-order valence-corrected chi connectivity index (χ0v) is 24.3. The molecule has 1 aromatic heterocycles. The van der Waals surface area contributed by atoms with Gasteiger partial charge in [-0.2, -0.15) is 0 Å². The van der Waals surface area contributed by atoms with Crippen LogP contribution in [0.1, 0.15) is 49.1 Å². The van der Waals surface area contributed by atoms with E-state index in [2.05, 4.69) is 5.32 Å². The quantitative estimate of drug-likeness (QED) is 0.269. The number of benzene rings is 3. The summed E-state index contributed by atoms with van der Waals surface area (Å²) in [6, 6.07) is 19.8. The fourth-order valence-electron chi connectivity index (χ4n) is 5.65. The van der Waals surface area contributed by atoms with Crippen LogP contribution < -0.4 is 10.1 Å². The third-order valence-electron chi connectivity index (χ3n) is 7.46. The summed E-state index contributed by atoms with van der Waals surface area (Å²) in [7, 11) is 1.50. The highest BCUT2D eigenvalue weighted by Gasteiger charge is 2.32. The number of hydrogen-bond donors (Lipinski definition) is 2. The Kier molecular flexibility index (Phi) is 7.69. The van der Waals surface area contributed by atoms with E-state index in [-0.39, 0.29) is 18.9 Å². The molecule has 2 N–H and O–H groups in total. The Hall–Kier alpha value is -4.79. The number of amides is 1. The monoisotopic (exact) mass is 570 g/mol. The van der Waals surface area contributed by atoms with Crippen LogP contribution in [0.25, 0.3) is 22.0 Å². The van der Waals surface area contributed by atoms with Crippen LogP contribution in [0.15, 0.2) is 66.7 Å². The van der Waals surface area contributed by atoms with E-state index in [1.165, 1.54) is 11.7 Å². The van der Waals surface area contributed by atoms with Crippen molar-refractivity contribution in [2.75, 3.05) is 13.7 Å². The predicted octanol–water partition coefficient (Wildman–Crippen LogP) is 6.28. The minimum absolute atomic E-state index is 0.0526. The van der Waals surface area contributed by atoms with Gasteiger partial charge in [-0.3, -0.25) is 0 Å². The molecule has 1 heterocycles. The molecule has 9 nitrogen and oxygen atoms in total. The smallest absolute Gasteiger partial charge is 0.419 e. The number of aliphatic carboxylic acids is 1. The summed E-state index contributed by atoms with van der Waals surface area (Å²) in [6.45, 7) is 7.08. The van der Waals surface area contributed by atoms with Gasteiger partial charge >= 0.3 is 18.2 Å². The van der Waals surface area contributed by atoms with Crippen LogP contribution in [-0.2, 0) is 20.7 Å². The Morgan fingerprint density at radius 1 is 0.952 bits per heavy atom. The summed E-state index contributed by atoms with van der Waals surface area (Å²) in [5.74, 6) is -0.932. The van der Waals surface area contributed by atoms with Gasteiger partial charge in [0.05, 0.1) is 12.6 Å². The van der Waals surface area contributed by atoms with Crippen LogP contribution in [0.4, 0.5) is 9.59 Å². The summed E-state index contributed by atoms with van der Waals surface area (Å²) in [6.07, 6.45) is -1.55. The molecule has 0 saturated carbocycles. The molecule has 4 aromatic rings. The van der Waals surface area contributed by atoms with E-state index >= 15 is 0 Å². The van der Waals surface area contributed by atoms with Crippen LogP contribution in [0, 0.1) is 6.92 Å². The van der Waals surface area contributed by atoms with E-state index in [9.17, 15) is 19.5 Å². The third-order valence-corrected chi connectivity index (χ3v) is 7.46. The molecule has 0 aliphatic heterocycles. The molecule has 5 rings (SSSR count). The second kappa shape index (κ2) is 11.2. The highest BCUT2D eigenvalue weighted by atomic mass is 16.6. The maximum atomic E-state index is 13.2. The highest BCUT2D eigenvalue weighted by molar-refractivity contribution is 5.98. The van der Waals surface area contributed by atoms with Crippen molar-refractivity contribution in [3.63, 3.8) is 0 Å². The molecule has 1 aliphatic carbocycles. The normalized spacial score (nSPS) is 13.3. The second-order valence-corrected chi connectivity index (χ2v) is 11.3. The zero-order valence-electron chi connectivity index (χ0n) is 24.3. The minimum atomic E-state index is -1.33. The number of hydrogen-bond acceptors (Lipinski definition) is 6. The number of methoxy groups -OCH3 is 1. The molecule has 0 saturated heterocycles. The van der Waals surface area contributed by atoms with E-state index in [0.717, 1.165) is 22.3 Å². The number of carboxylic acids is 1. The first kappa shape index (κ1) is 28.7. The Balaban J connectivity index is 1.39. The van der Waals surface area contributed by atoms with Crippen molar-refractivity contribution in [1.82, 2.24) is 9.88 Å². The van der Waals surface area contributed by atoms with E-state index < -0.39 is 29.8 Å². The number of aromatic nitrogens is 1. The van der Waals surface area contributed by atoms with Gasteiger partial charge in [0, 0.05) is 23.4 Å². The van der Waals surface area contributed by atoms with Crippen molar-refractivity contribution in [2.24, 2.45) is 0 Å². The molecule has 0 fully saturated rings. The molecule has 9 heteroatoms. The first-order chi connectivity index (χ1) is 20.0. The maximum absolute atomic E-state index is 13.2. The van der Waals surface area contributed by atoms with E-state index in [4.69, 9.17) is 14.2 Å². The number of carbonyl (C=O) groups excluding carboxylic acids is 2. The van der Waals surface area contributed by atoms with Crippen molar-refractivity contribution in [3.05, 3.63) is 89.1 Å². The molecule has 0 bridgehead atoms. The standard InChI is InChI=1S/C33H34N2O7/c1-19-24(29-27(15-10-16-28(29)40-5)35(19)32(39)42-33(2,3)4)17-26(30(36)37)34-31(38)41-18-25-22-13-8-6-11-20(22)21-12-7-9-14-23(21)25/h6-16,25-26H,17-18H2,1-5H3,(H,34,38)(H,36,37)/t26-/m0/s1. The largest absolute Gasteiger partial charge is 0.496 e. The second-order valence-electron chi connectivity index (χ2n) is 11.3. The Bertz CT molecular complexity index is 1640. The van der Waals surface area contributed by atoms with Gasteiger partial charge in [0.2, 0.25) is 0 Å². The number of carboxylic acid groups (broad SMARTS) is 1. The van der Waals surface area contributed by atoms with Crippen LogP contribution in [-0.4, -0.2) is 53.2 Å². The molecule has 1 aliphatic rings. The van der Waals surface area contributed by atoms with Crippen LogP contribution in [0.3, 0.4) is 0 Å². The fourth-order valence-corrected chi connectivity index (χ4v) is 5.65. The third kappa shape index (κ3) is 5.42. The van der Waals surface area contributed by atoms with Crippen molar-refractivity contribution in [2.45, 2.75) is 51.7 Å². The number of ether oxygens (including phenoxy) is 3. The zero-order chi connectivity index (χ0) is 30.2. The minimum Gasteiger partial charge on any atom is -0.496 e. The van der Waals surface area contributed by atoms with Crippen LogP contribution in [0.5, 0.6) is 5.75 Å². The van der Waals surface area contributed by atoms with Gasteiger partial charge in [0.1, 0.15) is 24.0 Å². The molecular weight excluding hydrogens is 536 g/mol. The van der Waals surface area contributed by atoms with Gasteiger partial charge in [0.25, 0.3) is 0 Å². The fraction of sp³-hybridized carbons (Fsp3) is 0.303. The number of nitrogens with one attached hydrogen (secondary N) is 1. The molecule has 218 valence electrons. The van der Waals surface area contributed by atoms with E-state index in [1.54, 1.807) is 45.9 Å². The first-order valence-electron chi connectivity index (χ1n) is 13.7. The van der Waals surface area contributed by atoms with Gasteiger partial charge in [-0.25, -0.2) is 19.0 Å². The Labute approximate surface area is 244 Å². The highest BCUT2D eigenvalue weighted by Crippen LogP contribution is 2.44. The van der Waals surface area contributed by atoms with Crippen molar-refractivity contribution < 1.29 is 33.7 Å². The lowest BCUT2D eigenvalue weighted by atomic mass is 9.98. The average molecular weight is 571 g/mol. The number of carbonyl (C=O) groups is 3. The van der Waals surface area contributed by atoms with E-state index in [1.807, 2.05) is 48.5 Å². The van der Waals surface area contributed by atoms with Crippen LogP contribution >= 0.6 is 0 Å². The summed E-state index contributed by atoms with van der Waals surface area (Å²) in [5, 5.41) is 13.2. The molecular formula is C33H34N2O7. The van der Waals surface area contributed by atoms with Gasteiger partial charge in [-0.1, -0.05) is 54.6 Å². The Morgan fingerprint density at radius 2 is 1.57 bits per heavy atom. The van der Waals surface area contributed by atoms with Gasteiger partial charge in [-0.05, 0) is 67.6 Å². The first-order valence-corrected chi connectivity index (χ1v) is 13.7. The molecule has 0 spiro atoms. The van der Waals surface area contributed by atoms with Crippen LogP contribution in [0.2, 0.25) is 0 Å². The van der Waals surface area contributed by atoms with Gasteiger partial charge in [-0.15, -0.1) is 0 Å². The number of fused-ring (bicyclic) bond motifs is 4. The van der Waals surface area contributed by atoms with Crippen molar-refractivity contribution >= 4 is 29.1 Å². The molecule has 0 radical (unpaired) electrons. The molecule has 1 amide bonds. The Morgan fingerprint density at radius 3 is 2.14 bits per heavy atom. The summed E-state index contributed by atoms with van der Waals surface area (Å²) in [5.41, 5.74) is 5.10. The van der Waals surface area contributed by atoms with Gasteiger partial charge in [0.15, 0.2) is 0 Å². The van der Waals surface area contributed by atoms with Gasteiger partial charge < -0.3 is 24.6 Å². The summed E-state index contributed by atoms with van der Waals surface area (Å²) < 4.78 is 18.2. The van der Waals surface area contributed by atoms with Crippen molar-refractivity contribution in [1.29, 1.82) is 0 Å². The summed E-state index contributed by atoms with van der Waals surface area (Å²) >= 11 is 0. The number of alkyl carbamates (subject to hydrolysis) is 1. The lowest BCUT2D eigenvalue weighted by Crippen LogP contribution is -2.43. The molecule has 3 aromatic carbocycles. The predicted molar refractivity (Wildman–Crippen MR) is 158 cm³/mol.